The Hall–Kier alpha value is -1.04. The third-order valence-corrected chi connectivity index (χ3v) is 4.75. The third-order valence-electron chi connectivity index (χ3n) is 4.75. The van der Waals surface area contributed by atoms with Gasteiger partial charge in [-0.1, -0.05) is 5.16 Å². The summed E-state index contributed by atoms with van der Waals surface area (Å²) in [7, 11) is 0. The van der Waals surface area contributed by atoms with Crippen LogP contribution in [0.5, 0.6) is 0 Å². The van der Waals surface area contributed by atoms with Gasteiger partial charge in [-0.05, 0) is 56.3 Å². The van der Waals surface area contributed by atoms with E-state index in [1.54, 1.807) is 0 Å². The highest BCUT2D eigenvalue weighted by atomic mass is 16.4. The predicted octanol–water partition coefficient (Wildman–Crippen LogP) is 2.56. The molecule has 0 aliphatic heterocycles. The Morgan fingerprint density at radius 3 is 1.93 bits per heavy atom. The highest BCUT2D eigenvalue weighted by molar-refractivity contribution is 6.02. The summed E-state index contributed by atoms with van der Waals surface area (Å²) in [5.41, 5.74) is 0.361. The van der Waals surface area contributed by atoms with Crippen molar-refractivity contribution in [2.24, 2.45) is 28.3 Å². The molecule has 80 valence electrons. The Morgan fingerprint density at radius 1 is 1.13 bits per heavy atom. The van der Waals surface area contributed by atoms with Gasteiger partial charge in [0.1, 0.15) is 6.07 Å². The van der Waals surface area contributed by atoms with Crippen LogP contribution in [0.15, 0.2) is 5.16 Å². The van der Waals surface area contributed by atoms with Crippen molar-refractivity contribution in [3.63, 3.8) is 0 Å². The Morgan fingerprint density at radius 2 is 1.60 bits per heavy atom. The molecular weight excluding hydrogens is 188 g/mol. The number of nitriles is 1. The van der Waals surface area contributed by atoms with Crippen LogP contribution in [0, 0.1) is 34.5 Å². The number of hydrogen-bond donors (Lipinski definition) is 1. The first-order valence-corrected chi connectivity index (χ1v) is 5.88. The van der Waals surface area contributed by atoms with E-state index in [0.717, 1.165) is 37.0 Å². The molecular formula is C12H16N2O. The van der Waals surface area contributed by atoms with E-state index < -0.39 is 0 Å². The minimum Gasteiger partial charge on any atom is -0.410 e. The van der Waals surface area contributed by atoms with Crippen LogP contribution in [-0.2, 0) is 0 Å². The van der Waals surface area contributed by atoms with Crippen molar-refractivity contribution >= 4 is 5.71 Å². The summed E-state index contributed by atoms with van der Waals surface area (Å²) in [6.07, 6.45) is 7.32. The number of nitrogens with zero attached hydrogens (tertiary/aromatic N) is 2. The van der Waals surface area contributed by atoms with Gasteiger partial charge < -0.3 is 5.21 Å². The Balaban J connectivity index is 1.97. The Bertz CT molecular complexity index is 318. The van der Waals surface area contributed by atoms with Crippen molar-refractivity contribution in [1.82, 2.24) is 0 Å². The second-order valence-corrected chi connectivity index (χ2v) is 5.76. The molecule has 4 saturated carbocycles. The van der Waals surface area contributed by atoms with Crippen molar-refractivity contribution in [2.75, 3.05) is 0 Å². The van der Waals surface area contributed by atoms with E-state index in [1.807, 2.05) is 0 Å². The predicted molar refractivity (Wildman–Crippen MR) is 55.4 cm³/mol. The van der Waals surface area contributed by atoms with E-state index >= 15 is 0 Å². The zero-order valence-electron chi connectivity index (χ0n) is 8.82. The van der Waals surface area contributed by atoms with Crippen LogP contribution in [0.2, 0.25) is 0 Å². The molecule has 4 fully saturated rings. The molecule has 4 aliphatic carbocycles. The molecule has 0 aromatic carbocycles. The van der Waals surface area contributed by atoms with Gasteiger partial charge in [0.25, 0.3) is 0 Å². The van der Waals surface area contributed by atoms with Crippen LogP contribution >= 0.6 is 0 Å². The van der Waals surface area contributed by atoms with Gasteiger partial charge in [-0.15, -0.1) is 0 Å². The van der Waals surface area contributed by atoms with Gasteiger partial charge in [0.15, 0.2) is 5.71 Å². The van der Waals surface area contributed by atoms with Gasteiger partial charge >= 0.3 is 0 Å². The Labute approximate surface area is 89.8 Å². The van der Waals surface area contributed by atoms with Gasteiger partial charge in [-0.2, -0.15) is 5.26 Å². The minimum atomic E-state index is -0.0434. The molecule has 3 nitrogen and oxygen atoms in total. The lowest BCUT2D eigenvalue weighted by Gasteiger charge is -2.55. The van der Waals surface area contributed by atoms with Crippen molar-refractivity contribution < 1.29 is 5.21 Å². The monoisotopic (exact) mass is 204 g/mol. The lowest BCUT2D eigenvalue weighted by molar-refractivity contribution is -0.0128. The summed E-state index contributed by atoms with van der Waals surface area (Å²) < 4.78 is 0. The fraction of sp³-hybridized carbons (Fsp3) is 0.833. The summed E-state index contributed by atoms with van der Waals surface area (Å²) in [6, 6.07) is 2.11. The van der Waals surface area contributed by atoms with Crippen molar-refractivity contribution in [3.8, 4) is 6.07 Å². The normalized spacial score (nSPS) is 47.9. The lowest BCUT2D eigenvalue weighted by Crippen LogP contribution is -2.49. The van der Waals surface area contributed by atoms with Crippen LogP contribution < -0.4 is 0 Å². The van der Waals surface area contributed by atoms with Gasteiger partial charge in [-0.25, -0.2) is 0 Å². The average Bonchev–Trinajstić information content (AvgIpc) is 2.16. The highest BCUT2D eigenvalue weighted by Crippen LogP contribution is 2.60. The van der Waals surface area contributed by atoms with Crippen LogP contribution in [0.3, 0.4) is 0 Å². The molecule has 0 amide bonds. The molecule has 0 unspecified atom stereocenters. The quantitative estimate of drug-likeness (QED) is 0.405. The van der Waals surface area contributed by atoms with Gasteiger partial charge in [0.2, 0.25) is 0 Å². The average molecular weight is 204 g/mol. The summed E-state index contributed by atoms with van der Waals surface area (Å²) in [5, 5.41) is 21.2. The third kappa shape index (κ3) is 1.20. The summed E-state index contributed by atoms with van der Waals surface area (Å²) in [4.78, 5) is 0. The molecule has 4 rings (SSSR count). The van der Waals surface area contributed by atoms with E-state index in [0.29, 0.717) is 5.71 Å². The zero-order chi connectivity index (χ0) is 10.5. The fourth-order valence-corrected chi connectivity index (χ4v) is 4.65. The van der Waals surface area contributed by atoms with Crippen LogP contribution in [0.4, 0.5) is 0 Å². The van der Waals surface area contributed by atoms with E-state index in [1.165, 1.54) is 19.3 Å². The smallest absolute Gasteiger partial charge is 0.162 e. The molecule has 0 heterocycles. The SMILES string of the molecule is N#C/C(=N\O)C12CC3CC(CC(C3)C1)C2. The van der Waals surface area contributed by atoms with E-state index in [2.05, 4.69) is 11.2 Å². The molecule has 15 heavy (non-hydrogen) atoms. The van der Waals surface area contributed by atoms with E-state index in [4.69, 9.17) is 10.5 Å². The molecule has 0 aromatic rings. The Kier molecular flexibility index (Phi) is 1.83. The topological polar surface area (TPSA) is 56.4 Å². The number of hydrogen-bond acceptors (Lipinski definition) is 3. The second kappa shape index (κ2) is 2.98. The zero-order valence-corrected chi connectivity index (χ0v) is 8.82. The molecule has 4 aliphatic rings. The van der Waals surface area contributed by atoms with Crippen LogP contribution in [0.25, 0.3) is 0 Å². The molecule has 0 saturated heterocycles. The fourth-order valence-electron chi connectivity index (χ4n) is 4.65. The summed E-state index contributed by atoms with van der Waals surface area (Å²) >= 11 is 0. The highest BCUT2D eigenvalue weighted by Gasteiger charge is 2.53. The number of rotatable bonds is 1. The van der Waals surface area contributed by atoms with Crippen molar-refractivity contribution in [2.45, 2.75) is 38.5 Å². The van der Waals surface area contributed by atoms with Gasteiger partial charge in [0, 0.05) is 5.41 Å². The van der Waals surface area contributed by atoms with Crippen LogP contribution in [-0.4, -0.2) is 10.9 Å². The first kappa shape index (κ1) is 9.21. The van der Waals surface area contributed by atoms with Gasteiger partial charge in [0.05, 0.1) is 0 Å². The number of oxime groups is 1. The summed E-state index contributed by atoms with van der Waals surface area (Å²) in [6.45, 7) is 0. The maximum atomic E-state index is 9.05. The standard InChI is InChI=1S/C12H16N2O/c13-7-11(14-15)12-4-8-1-9(5-12)3-10(2-8)6-12/h8-10,15H,1-6H2/b14-11+. The molecule has 0 aromatic heterocycles. The van der Waals surface area contributed by atoms with Crippen LogP contribution in [0.1, 0.15) is 38.5 Å². The van der Waals surface area contributed by atoms with Gasteiger partial charge in [-0.3, -0.25) is 0 Å². The van der Waals surface area contributed by atoms with E-state index in [-0.39, 0.29) is 5.41 Å². The molecule has 1 N–H and O–H groups in total. The first-order valence-electron chi connectivity index (χ1n) is 5.88. The maximum Gasteiger partial charge on any atom is 0.162 e. The minimum absolute atomic E-state index is 0.0434. The van der Waals surface area contributed by atoms with E-state index in [9.17, 15) is 0 Å². The van der Waals surface area contributed by atoms with Crippen molar-refractivity contribution in [1.29, 1.82) is 5.26 Å². The lowest BCUT2D eigenvalue weighted by atomic mass is 9.48. The molecule has 4 bridgehead atoms. The molecule has 3 heteroatoms. The molecule has 0 spiro atoms. The molecule has 0 atom stereocenters. The molecule has 0 radical (unpaired) electrons. The largest absolute Gasteiger partial charge is 0.410 e. The van der Waals surface area contributed by atoms with Crippen molar-refractivity contribution in [3.05, 3.63) is 0 Å². The maximum absolute atomic E-state index is 9.05. The summed E-state index contributed by atoms with van der Waals surface area (Å²) in [5.74, 6) is 2.38. The first-order chi connectivity index (χ1) is 7.25. The second-order valence-electron chi connectivity index (χ2n) is 5.76.